The molecule has 6 nitrogen and oxygen atoms in total. The number of aryl methyl sites for hydroxylation is 1. The number of fused-ring (bicyclic) bond motifs is 1. The zero-order chi connectivity index (χ0) is 22.2. The summed E-state index contributed by atoms with van der Waals surface area (Å²) < 4.78 is 1.87. The number of anilines is 3. The van der Waals surface area contributed by atoms with E-state index in [9.17, 15) is 4.79 Å². The Kier molecular flexibility index (Phi) is 5.23. The molecule has 0 aliphatic heterocycles. The average Bonchev–Trinajstić information content (AvgIpc) is 3.05. The monoisotopic (exact) mass is 413 g/mol. The van der Waals surface area contributed by atoms with E-state index in [1.807, 2.05) is 53.9 Å². The summed E-state index contributed by atoms with van der Waals surface area (Å²) in [6.07, 6.45) is 0. The van der Waals surface area contributed by atoms with E-state index in [1.165, 1.54) is 6.92 Å². The van der Waals surface area contributed by atoms with Crippen molar-refractivity contribution in [3.05, 3.63) is 72.1 Å². The lowest BCUT2D eigenvalue weighted by Gasteiger charge is -2.20. The third-order valence-electron chi connectivity index (χ3n) is 5.07. The molecular weight excluding hydrogens is 386 g/mol. The molecule has 1 amide bonds. The SMILES string of the molecule is CC(=O)Nc1ccc(Nc2cc(C(C)(C)C)nc3c(-c4ccccc4)c(C)nn23)cc1. The number of rotatable bonds is 4. The van der Waals surface area contributed by atoms with E-state index < -0.39 is 0 Å². The average molecular weight is 414 g/mol. The highest BCUT2D eigenvalue weighted by molar-refractivity contribution is 5.89. The summed E-state index contributed by atoms with van der Waals surface area (Å²) in [6.45, 7) is 9.98. The van der Waals surface area contributed by atoms with Crippen LogP contribution in [0.25, 0.3) is 16.8 Å². The van der Waals surface area contributed by atoms with Gasteiger partial charge in [-0.25, -0.2) is 4.98 Å². The first-order valence-corrected chi connectivity index (χ1v) is 10.3. The molecule has 0 saturated carbocycles. The number of carbonyl (C=O) groups excluding carboxylic acids is 1. The molecule has 2 N–H and O–H groups in total. The number of aromatic nitrogens is 3. The Morgan fingerprint density at radius 2 is 1.61 bits per heavy atom. The molecule has 0 aliphatic rings. The minimum Gasteiger partial charge on any atom is -0.340 e. The Labute approximate surface area is 182 Å². The van der Waals surface area contributed by atoms with E-state index in [1.54, 1.807) is 0 Å². The number of amides is 1. The molecule has 4 aromatic rings. The molecule has 0 aliphatic carbocycles. The van der Waals surface area contributed by atoms with Crippen molar-refractivity contribution in [2.24, 2.45) is 0 Å². The fraction of sp³-hybridized carbons (Fsp3) is 0.240. The fourth-order valence-corrected chi connectivity index (χ4v) is 3.53. The molecule has 0 bridgehead atoms. The van der Waals surface area contributed by atoms with Gasteiger partial charge >= 0.3 is 0 Å². The highest BCUT2D eigenvalue weighted by Crippen LogP contribution is 2.32. The number of hydrogen-bond donors (Lipinski definition) is 2. The van der Waals surface area contributed by atoms with Crippen molar-refractivity contribution in [2.45, 2.75) is 40.0 Å². The smallest absolute Gasteiger partial charge is 0.221 e. The van der Waals surface area contributed by atoms with Gasteiger partial charge in [-0.05, 0) is 36.8 Å². The van der Waals surface area contributed by atoms with Gasteiger partial charge in [0.2, 0.25) is 5.91 Å². The molecule has 0 radical (unpaired) electrons. The lowest BCUT2D eigenvalue weighted by Crippen LogP contribution is -2.16. The van der Waals surface area contributed by atoms with Crippen molar-refractivity contribution in [2.75, 3.05) is 10.6 Å². The highest BCUT2D eigenvalue weighted by Gasteiger charge is 2.22. The highest BCUT2D eigenvalue weighted by atomic mass is 16.1. The maximum absolute atomic E-state index is 11.3. The van der Waals surface area contributed by atoms with Crippen molar-refractivity contribution < 1.29 is 4.79 Å². The summed E-state index contributed by atoms with van der Waals surface area (Å²) in [5, 5.41) is 11.1. The molecule has 2 aromatic heterocycles. The zero-order valence-electron chi connectivity index (χ0n) is 18.5. The van der Waals surface area contributed by atoms with Crippen molar-refractivity contribution in [1.82, 2.24) is 14.6 Å². The molecule has 0 unspecified atom stereocenters. The minimum absolute atomic E-state index is 0.0909. The quantitative estimate of drug-likeness (QED) is 0.450. The van der Waals surface area contributed by atoms with E-state index in [2.05, 4.69) is 49.6 Å². The Hall–Kier alpha value is -3.67. The van der Waals surface area contributed by atoms with Crippen LogP contribution in [0.2, 0.25) is 0 Å². The summed E-state index contributed by atoms with van der Waals surface area (Å²) >= 11 is 0. The Morgan fingerprint density at radius 1 is 0.968 bits per heavy atom. The molecule has 6 heteroatoms. The first kappa shape index (κ1) is 20.6. The Morgan fingerprint density at radius 3 is 2.23 bits per heavy atom. The molecule has 0 fully saturated rings. The van der Waals surface area contributed by atoms with Gasteiger partial charge < -0.3 is 10.6 Å². The van der Waals surface area contributed by atoms with Gasteiger partial charge in [0.05, 0.1) is 11.4 Å². The summed E-state index contributed by atoms with van der Waals surface area (Å²) in [5.74, 6) is 0.749. The van der Waals surface area contributed by atoms with E-state index in [0.29, 0.717) is 0 Å². The van der Waals surface area contributed by atoms with E-state index in [0.717, 1.165) is 45.4 Å². The normalized spacial score (nSPS) is 11.5. The Balaban J connectivity index is 1.83. The van der Waals surface area contributed by atoms with Crippen LogP contribution in [0.3, 0.4) is 0 Å². The van der Waals surface area contributed by atoms with Crippen LogP contribution in [0.15, 0.2) is 60.7 Å². The Bertz CT molecular complexity index is 1240. The third-order valence-corrected chi connectivity index (χ3v) is 5.07. The predicted octanol–water partition coefficient (Wildman–Crippen LogP) is 5.70. The molecule has 158 valence electrons. The fourth-order valence-electron chi connectivity index (χ4n) is 3.53. The summed E-state index contributed by atoms with van der Waals surface area (Å²) in [4.78, 5) is 16.3. The van der Waals surface area contributed by atoms with Crippen LogP contribution < -0.4 is 10.6 Å². The van der Waals surface area contributed by atoms with Gasteiger partial charge in [-0.3, -0.25) is 4.79 Å². The van der Waals surface area contributed by atoms with Crippen LogP contribution >= 0.6 is 0 Å². The van der Waals surface area contributed by atoms with Crippen molar-refractivity contribution in [1.29, 1.82) is 0 Å². The van der Waals surface area contributed by atoms with E-state index in [-0.39, 0.29) is 11.3 Å². The maximum atomic E-state index is 11.3. The first-order chi connectivity index (χ1) is 14.7. The topological polar surface area (TPSA) is 71.3 Å². The summed E-state index contributed by atoms with van der Waals surface area (Å²) in [5.41, 5.74) is 6.40. The molecule has 0 spiro atoms. The van der Waals surface area contributed by atoms with E-state index in [4.69, 9.17) is 10.1 Å². The molecule has 2 heterocycles. The first-order valence-electron chi connectivity index (χ1n) is 10.3. The van der Waals surface area contributed by atoms with Gasteiger partial charge in [-0.1, -0.05) is 51.1 Å². The van der Waals surface area contributed by atoms with Crippen LogP contribution in [0.5, 0.6) is 0 Å². The van der Waals surface area contributed by atoms with Crippen LogP contribution in [-0.2, 0) is 10.2 Å². The largest absolute Gasteiger partial charge is 0.340 e. The second kappa shape index (κ2) is 7.87. The van der Waals surface area contributed by atoms with Crippen molar-refractivity contribution in [3.63, 3.8) is 0 Å². The van der Waals surface area contributed by atoms with Gasteiger partial charge in [0, 0.05) is 35.3 Å². The molecule has 4 rings (SSSR count). The number of hydrogen-bond acceptors (Lipinski definition) is 4. The van der Waals surface area contributed by atoms with Gasteiger partial charge in [-0.2, -0.15) is 9.61 Å². The molecular formula is C25H27N5O. The van der Waals surface area contributed by atoms with Crippen LogP contribution in [-0.4, -0.2) is 20.5 Å². The maximum Gasteiger partial charge on any atom is 0.221 e. The number of nitrogens with zero attached hydrogens (tertiary/aromatic N) is 3. The zero-order valence-corrected chi connectivity index (χ0v) is 18.5. The van der Waals surface area contributed by atoms with Gasteiger partial charge in [0.25, 0.3) is 0 Å². The summed E-state index contributed by atoms with van der Waals surface area (Å²) in [7, 11) is 0. The lowest BCUT2D eigenvalue weighted by atomic mass is 9.92. The number of carbonyl (C=O) groups is 1. The number of nitrogens with one attached hydrogen (secondary N) is 2. The minimum atomic E-state index is -0.125. The second-order valence-corrected chi connectivity index (χ2v) is 8.72. The molecule has 0 atom stereocenters. The molecule has 31 heavy (non-hydrogen) atoms. The summed E-state index contributed by atoms with van der Waals surface area (Å²) in [6, 6.07) is 19.9. The molecule has 0 saturated heterocycles. The van der Waals surface area contributed by atoms with Gasteiger partial charge in [0.1, 0.15) is 5.82 Å². The lowest BCUT2D eigenvalue weighted by molar-refractivity contribution is -0.114. The van der Waals surface area contributed by atoms with E-state index >= 15 is 0 Å². The third kappa shape index (κ3) is 4.28. The van der Waals surface area contributed by atoms with Crippen molar-refractivity contribution >= 4 is 28.7 Å². The second-order valence-electron chi connectivity index (χ2n) is 8.72. The van der Waals surface area contributed by atoms with Gasteiger partial charge in [0.15, 0.2) is 5.65 Å². The van der Waals surface area contributed by atoms with Gasteiger partial charge in [-0.15, -0.1) is 0 Å². The predicted molar refractivity (Wildman–Crippen MR) is 126 cm³/mol. The standard InChI is InChI=1S/C25H27N5O/c1-16-23(18-9-7-6-8-10-18)24-28-21(25(3,4)5)15-22(30(24)29-16)27-20-13-11-19(12-14-20)26-17(2)31/h6-15,27H,1-5H3,(H,26,31). The molecule has 2 aromatic carbocycles. The van der Waals surface area contributed by atoms with Crippen LogP contribution in [0.1, 0.15) is 39.1 Å². The van der Waals surface area contributed by atoms with Crippen LogP contribution in [0.4, 0.5) is 17.2 Å². The van der Waals surface area contributed by atoms with Crippen LogP contribution in [0, 0.1) is 6.92 Å². The number of benzene rings is 2. The van der Waals surface area contributed by atoms with Crippen molar-refractivity contribution in [3.8, 4) is 11.1 Å².